The maximum absolute atomic E-state index is 12.7. The van der Waals surface area contributed by atoms with Gasteiger partial charge in [0.25, 0.3) is 0 Å². The molecule has 0 aromatic heterocycles. The fourth-order valence-corrected chi connectivity index (χ4v) is 7.28. The van der Waals surface area contributed by atoms with E-state index < -0.39 is 24.1 Å². The van der Waals surface area contributed by atoms with Crippen molar-refractivity contribution in [3.8, 4) is 0 Å². The van der Waals surface area contributed by atoms with Gasteiger partial charge in [0.2, 0.25) is 11.8 Å². The lowest BCUT2D eigenvalue weighted by Gasteiger charge is -2.46. The number of nitrogens with one attached hydrogen (secondary N) is 1. The van der Waals surface area contributed by atoms with Crippen LogP contribution < -0.4 is 11.1 Å². The molecule has 0 aromatic carbocycles. The van der Waals surface area contributed by atoms with Crippen LogP contribution in [0.25, 0.3) is 0 Å². The Bertz CT molecular complexity index is 951. The molecule has 4 rings (SSSR count). The fourth-order valence-electron chi connectivity index (χ4n) is 5.79. The molecule has 8 atom stereocenters. The van der Waals surface area contributed by atoms with E-state index in [1.54, 1.807) is 18.7 Å². The number of thioether (sulfide) groups is 1. The van der Waals surface area contributed by atoms with Crippen LogP contribution in [0.15, 0.2) is 15.6 Å². The first-order valence-corrected chi connectivity index (χ1v) is 13.0. The van der Waals surface area contributed by atoms with Crippen LogP contribution >= 0.6 is 11.8 Å². The predicted molar refractivity (Wildman–Crippen MR) is 130 cm³/mol. The largest absolute Gasteiger partial charge is 0.477 e. The monoisotopic (exact) mass is 509 g/mol. The number of carboxylic acid groups (broad SMARTS) is 1. The topological polar surface area (TPSA) is 169 Å². The molecule has 194 valence electrons. The van der Waals surface area contributed by atoms with Crippen molar-refractivity contribution in [2.24, 2.45) is 22.6 Å². The van der Waals surface area contributed by atoms with E-state index in [9.17, 15) is 29.7 Å². The molecule has 2 amide bonds. The van der Waals surface area contributed by atoms with Crippen molar-refractivity contribution in [1.29, 1.82) is 0 Å². The van der Waals surface area contributed by atoms with Gasteiger partial charge >= 0.3 is 5.97 Å². The average molecular weight is 510 g/mol. The first kappa shape index (κ1) is 25.9. The summed E-state index contributed by atoms with van der Waals surface area (Å²) in [6.07, 6.45) is -0.367. The molecule has 12 heteroatoms. The first-order chi connectivity index (χ1) is 16.5. The van der Waals surface area contributed by atoms with Crippen molar-refractivity contribution in [3.05, 3.63) is 10.6 Å². The summed E-state index contributed by atoms with van der Waals surface area (Å²) in [7, 11) is 0. The molecule has 1 unspecified atom stereocenters. The van der Waals surface area contributed by atoms with Crippen molar-refractivity contribution in [3.63, 3.8) is 0 Å². The summed E-state index contributed by atoms with van der Waals surface area (Å²) in [6, 6.07) is -0.627. The number of likely N-dealkylation sites (tertiary alicyclic amines) is 1. The molecule has 6 N–H and O–H groups in total. The zero-order chi connectivity index (χ0) is 25.6. The normalized spacial score (nSPS) is 34.8. The number of aliphatic hydroxyl groups excluding tert-OH is 2. The summed E-state index contributed by atoms with van der Waals surface area (Å²) in [4.78, 5) is 45.2. The second-order valence-electron chi connectivity index (χ2n) is 10.1. The minimum atomic E-state index is -1.15. The number of aliphatic carboxylic acids is 1. The number of β-lactam (4-membered cyclic amide) rings is 1. The average Bonchev–Trinajstić information content (AvgIpc) is 3.46. The zero-order valence-corrected chi connectivity index (χ0v) is 21.1. The molecule has 4 heterocycles. The third-order valence-electron chi connectivity index (χ3n) is 7.48. The summed E-state index contributed by atoms with van der Waals surface area (Å²) < 4.78 is 0. The Morgan fingerprint density at radius 2 is 2.06 bits per heavy atom. The molecule has 0 aliphatic carbocycles. The summed E-state index contributed by atoms with van der Waals surface area (Å²) in [5, 5.41) is 33.8. The van der Waals surface area contributed by atoms with Gasteiger partial charge in [-0.25, -0.2) is 4.79 Å². The van der Waals surface area contributed by atoms with Crippen LogP contribution in [0, 0.1) is 11.8 Å². The lowest BCUT2D eigenvalue weighted by molar-refractivity contribution is -0.163. The third-order valence-corrected chi connectivity index (χ3v) is 8.99. The third kappa shape index (κ3) is 4.93. The summed E-state index contributed by atoms with van der Waals surface area (Å²) in [5.41, 5.74) is 5.64. The number of nitrogens with two attached hydrogens (primary N) is 1. The van der Waals surface area contributed by atoms with Crippen molar-refractivity contribution in [1.82, 2.24) is 15.1 Å². The molecule has 3 saturated heterocycles. The van der Waals surface area contributed by atoms with Crippen molar-refractivity contribution >= 4 is 35.4 Å². The molecule has 11 nitrogen and oxygen atoms in total. The molecule has 4 aliphatic heterocycles. The highest BCUT2D eigenvalue weighted by molar-refractivity contribution is 8.03. The van der Waals surface area contributed by atoms with E-state index in [0.717, 1.165) is 6.42 Å². The molecule has 0 bridgehead atoms. The Balaban J connectivity index is 1.34. The zero-order valence-electron chi connectivity index (χ0n) is 20.3. The van der Waals surface area contributed by atoms with Crippen LogP contribution in [0.4, 0.5) is 0 Å². The van der Waals surface area contributed by atoms with Gasteiger partial charge in [-0.05, 0) is 26.7 Å². The Morgan fingerprint density at radius 3 is 2.69 bits per heavy atom. The van der Waals surface area contributed by atoms with Gasteiger partial charge in [0, 0.05) is 41.7 Å². The van der Waals surface area contributed by atoms with Gasteiger partial charge in [0.1, 0.15) is 5.70 Å². The van der Waals surface area contributed by atoms with Crippen LogP contribution in [0.3, 0.4) is 0 Å². The van der Waals surface area contributed by atoms with Crippen LogP contribution in [0.2, 0.25) is 0 Å². The number of amides is 2. The molecule has 4 aliphatic rings. The number of carbonyl (C=O) groups is 3. The van der Waals surface area contributed by atoms with Crippen molar-refractivity contribution < 1.29 is 29.7 Å². The minimum Gasteiger partial charge on any atom is -0.477 e. The van der Waals surface area contributed by atoms with E-state index in [0.29, 0.717) is 36.8 Å². The van der Waals surface area contributed by atoms with Gasteiger partial charge in [-0.15, -0.1) is 11.8 Å². The molecular formula is C23H35N5O6S. The quantitative estimate of drug-likeness (QED) is 0.162. The number of carboxylic acids is 1. The number of rotatable bonds is 8. The number of carbonyl (C=O) groups excluding carboxylic acids is 2. The Labute approximate surface area is 208 Å². The molecule has 3 fully saturated rings. The summed E-state index contributed by atoms with van der Waals surface area (Å²) >= 11 is 1.42. The Kier molecular flexibility index (Phi) is 7.46. The van der Waals surface area contributed by atoms with Crippen LogP contribution in [0.5, 0.6) is 0 Å². The highest BCUT2D eigenvalue weighted by Gasteiger charge is 2.60. The lowest BCUT2D eigenvalue weighted by atomic mass is 9.79. The van der Waals surface area contributed by atoms with Crippen LogP contribution in [-0.2, 0) is 14.4 Å². The maximum Gasteiger partial charge on any atom is 0.353 e. The second kappa shape index (κ2) is 10.1. The molecule has 0 saturated carbocycles. The SMILES string of the molecule is CC(N)=N[C@H]1CCN(C(=O)CC(O)[C@@H]2C[C@H](SC3=C(C(=O)O)N4C(=O)[C@H]([C@@H](C)O)[C@H]4[C@H]3C)CN2)C1. The number of amidine groups is 1. The lowest BCUT2D eigenvalue weighted by Crippen LogP contribution is -2.63. The van der Waals surface area contributed by atoms with E-state index in [-0.39, 0.29) is 53.2 Å². The number of hydrogen-bond donors (Lipinski definition) is 5. The molecule has 35 heavy (non-hydrogen) atoms. The highest BCUT2D eigenvalue weighted by atomic mass is 32.2. The molecular weight excluding hydrogens is 474 g/mol. The van der Waals surface area contributed by atoms with Gasteiger partial charge in [-0.2, -0.15) is 0 Å². The van der Waals surface area contributed by atoms with Gasteiger partial charge in [0.05, 0.1) is 42.5 Å². The smallest absolute Gasteiger partial charge is 0.353 e. The molecule has 0 aromatic rings. The highest BCUT2D eigenvalue weighted by Crippen LogP contribution is 2.51. The maximum atomic E-state index is 12.7. The van der Waals surface area contributed by atoms with Crippen LogP contribution in [-0.4, -0.2) is 104 Å². The van der Waals surface area contributed by atoms with E-state index in [2.05, 4.69) is 10.3 Å². The second-order valence-corrected chi connectivity index (χ2v) is 11.4. The number of aliphatic imine (C=N–C) groups is 1. The number of fused-ring (bicyclic) bond motifs is 1. The van der Waals surface area contributed by atoms with Gasteiger partial charge in [-0.1, -0.05) is 6.92 Å². The minimum absolute atomic E-state index is 0.00270. The first-order valence-electron chi connectivity index (χ1n) is 12.1. The molecule has 0 radical (unpaired) electrons. The van der Waals surface area contributed by atoms with Gasteiger partial charge in [0.15, 0.2) is 0 Å². The number of aliphatic hydroxyl groups is 2. The van der Waals surface area contributed by atoms with Crippen molar-refractivity contribution in [2.45, 2.75) is 75.6 Å². The van der Waals surface area contributed by atoms with E-state index in [1.807, 2.05) is 6.92 Å². The molecule has 0 spiro atoms. The van der Waals surface area contributed by atoms with E-state index in [1.165, 1.54) is 16.7 Å². The fraction of sp³-hybridized carbons (Fsp3) is 0.739. The number of hydrogen-bond acceptors (Lipinski definition) is 8. The van der Waals surface area contributed by atoms with Crippen molar-refractivity contribution in [2.75, 3.05) is 19.6 Å². The Morgan fingerprint density at radius 1 is 1.34 bits per heavy atom. The van der Waals surface area contributed by atoms with E-state index >= 15 is 0 Å². The van der Waals surface area contributed by atoms with Gasteiger partial charge in [-0.3, -0.25) is 14.6 Å². The summed E-state index contributed by atoms with van der Waals surface area (Å²) in [6.45, 7) is 6.83. The standard InChI is InChI=1S/C23H35N5O6S/c1-10-19-18(11(2)29)22(32)28(19)20(23(33)34)21(10)35-14-6-15(25-8-14)16(30)7-17(31)27-5-4-13(9-27)26-12(3)24/h10-11,13-16,18-19,25,29-30H,4-9H2,1-3H3,(H2,24,26)(H,33,34)/t10-,11-,13+,14+,15+,16?,18-,19-/m1/s1. The van der Waals surface area contributed by atoms with E-state index in [4.69, 9.17) is 5.73 Å². The van der Waals surface area contributed by atoms with Gasteiger partial charge < -0.3 is 36.2 Å². The predicted octanol–water partition coefficient (Wildman–Crippen LogP) is -0.667. The summed E-state index contributed by atoms with van der Waals surface area (Å²) in [5.74, 6) is -1.91. The Hall–Kier alpha value is -2.15. The van der Waals surface area contributed by atoms with Crippen LogP contribution in [0.1, 0.15) is 40.0 Å². The number of nitrogens with zero attached hydrogens (tertiary/aromatic N) is 3.